The highest BCUT2D eigenvalue weighted by atomic mass is 16.6. The van der Waals surface area contributed by atoms with Crippen molar-refractivity contribution in [3.05, 3.63) is 0 Å². The molecule has 1 amide bonds. The molecule has 0 aromatic rings. The molecule has 94 valence electrons. The van der Waals surface area contributed by atoms with Crippen molar-refractivity contribution >= 4 is 6.09 Å². The van der Waals surface area contributed by atoms with Crippen molar-refractivity contribution in [3.63, 3.8) is 0 Å². The molecule has 0 bridgehead atoms. The first-order valence-corrected chi connectivity index (χ1v) is 5.94. The van der Waals surface area contributed by atoms with E-state index in [2.05, 4.69) is 0 Å². The van der Waals surface area contributed by atoms with Gasteiger partial charge in [0.1, 0.15) is 5.60 Å². The molecule has 1 saturated heterocycles. The van der Waals surface area contributed by atoms with Crippen molar-refractivity contribution in [2.45, 2.75) is 52.2 Å². The molecule has 0 aliphatic carbocycles. The van der Waals surface area contributed by atoms with Crippen LogP contribution in [-0.4, -0.2) is 40.9 Å². The minimum absolute atomic E-state index is 0.145. The fourth-order valence-corrected chi connectivity index (χ4v) is 1.91. The number of aliphatic hydroxyl groups excluding tert-OH is 1. The van der Waals surface area contributed by atoms with E-state index in [0.29, 0.717) is 6.54 Å². The summed E-state index contributed by atoms with van der Waals surface area (Å²) in [5.74, 6) is 0.198. The molecule has 0 aromatic heterocycles. The topological polar surface area (TPSA) is 49.8 Å². The molecule has 16 heavy (non-hydrogen) atoms. The van der Waals surface area contributed by atoms with Crippen molar-refractivity contribution in [2.75, 3.05) is 13.2 Å². The van der Waals surface area contributed by atoms with E-state index in [-0.39, 0.29) is 24.7 Å². The van der Waals surface area contributed by atoms with E-state index in [9.17, 15) is 4.79 Å². The predicted molar refractivity (Wildman–Crippen MR) is 62.2 cm³/mol. The van der Waals surface area contributed by atoms with Gasteiger partial charge < -0.3 is 14.7 Å². The Bertz CT molecular complexity index is 247. The van der Waals surface area contributed by atoms with E-state index in [1.54, 1.807) is 4.90 Å². The monoisotopic (exact) mass is 229 g/mol. The third kappa shape index (κ3) is 3.67. The van der Waals surface area contributed by atoms with E-state index in [1.807, 2.05) is 27.7 Å². The van der Waals surface area contributed by atoms with Crippen molar-refractivity contribution in [2.24, 2.45) is 5.92 Å². The molecule has 4 nitrogen and oxygen atoms in total. The zero-order valence-electron chi connectivity index (χ0n) is 10.7. The number of aliphatic hydroxyl groups is 1. The lowest BCUT2D eigenvalue weighted by molar-refractivity contribution is 0.00115. The zero-order valence-corrected chi connectivity index (χ0v) is 10.7. The van der Waals surface area contributed by atoms with E-state index in [4.69, 9.17) is 9.84 Å². The van der Waals surface area contributed by atoms with Crippen molar-refractivity contribution in [3.8, 4) is 0 Å². The van der Waals surface area contributed by atoms with Crippen molar-refractivity contribution < 1.29 is 14.6 Å². The van der Waals surface area contributed by atoms with Crippen LogP contribution in [0, 0.1) is 5.92 Å². The average molecular weight is 229 g/mol. The first-order chi connectivity index (χ1) is 7.33. The number of rotatable bonds is 1. The van der Waals surface area contributed by atoms with Gasteiger partial charge in [-0.05, 0) is 46.5 Å². The van der Waals surface area contributed by atoms with Crippen LogP contribution in [-0.2, 0) is 4.74 Å². The summed E-state index contributed by atoms with van der Waals surface area (Å²) in [4.78, 5) is 13.6. The van der Waals surface area contributed by atoms with Gasteiger partial charge in [-0.2, -0.15) is 0 Å². The number of piperidine rings is 1. The first-order valence-electron chi connectivity index (χ1n) is 5.94. The van der Waals surface area contributed by atoms with Gasteiger partial charge >= 0.3 is 6.09 Å². The lowest BCUT2D eigenvalue weighted by Crippen LogP contribution is -2.48. The van der Waals surface area contributed by atoms with Gasteiger partial charge in [0.25, 0.3) is 0 Å². The quantitative estimate of drug-likeness (QED) is 0.748. The summed E-state index contributed by atoms with van der Waals surface area (Å²) in [5, 5.41) is 9.13. The maximum Gasteiger partial charge on any atom is 0.410 e. The smallest absolute Gasteiger partial charge is 0.410 e. The number of amides is 1. The molecule has 1 unspecified atom stereocenters. The summed E-state index contributed by atoms with van der Waals surface area (Å²) >= 11 is 0. The minimum atomic E-state index is -0.455. The van der Waals surface area contributed by atoms with Crippen LogP contribution >= 0.6 is 0 Å². The number of hydrogen-bond donors (Lipinski definition) is 1. The van der Waals surface area contributed by atoms with Crippen LogP contribution in [0.4, 0.5) is 4.79 Å². The number of likely N-dealkylation sites (tertiary alicyclic amines) is 1. The summed E-state index contributed by atoms with van der Waals surface area (Å²) in [7, 11) is 0. The molecule has 1 aliphatic heterocycles. The van der Waals surface area contributed by atoms with Gasteiger partial charge in [0.05, 0.1) is 0 Å². The molecule has 1 rings (SSSR count). The number of ether oxygens (including phenoxy) is 1. The number of nitrogens with zero attached hydrogens (tertiary/aromatic N) is 1. The molecule has 0 radical (unpaired) electrons. The van der Waals surface area contributed by atoms with Gasteiger partial charge in [0.15, 0.2) is 0 Å². The molecule has 1 N–H and O–H groups in total. The molecule has 1 aliphatic rings. The maximum absolute atomic E-state index is 11.9. The molecule has 1 fully saturated rings. The molecule has 2 atom stereocenters. The molecule has 0 saturated carbocycles. The molecular weight excluding hydrogens is 206 g/mol. The summed E-state index contributed by atoms with van der Waals surface area (Å²) in [6.07, 6.45) is 1.65. The summed E-state index contributed by atoms with van der Waals surface area (Å²) in [6.45, 7) is 8.37. The zero-order chi connectivity index (χ0) is 12.3. The van der Waals surface area contributed by atoms with Crippen LogP contribution in [0.1, 0.15) is 40.5 Å². The molecular formula is C12H23NO3. The highest BCUT2D eigenvalue weighted by Gasteiger charge is 2.31. The Labute approximate surface area is 97.6 Å². The molecule has 4 heteroatoms. The van der Waals surface area contributed by atoms with E-state index >= 15 is 0 Å². The fourth-order valence-electron chi connectivity index (χ4n) is 1.91. The first kappa shape index (κ1) is 13.3. The van der Waals surface area contributed by atoms with Gasteiger partial charge in [0, 0.05) is 19.2 Å². The Morgan fingerprint density at radius 2 is 2.06 bits per heavy atom. The normalized spacial score (nSPS) is 26.7. The Balaban J connectivity index is 2.59. The maximum atomic E-state index is 11.9. The van der Waals surface area contributed by atoms with Gasteiger partial charge in [-0.15, -0.1) is 0 Å². The summed E-state index contributed by atoms with van der Waals surface area (Å²) in [5.41, 5.74) is -0.455. The Morgan fingerprint density at radius 3 is 2.56 bits per heavy atom. The second-order valence-electron chi connectivity index (χ2n) is 5.61. The molecule has 0 aromatic carbocycles. The second-order valence-corrected chi connectivity index (χ2v) is 5.61. The lowest BCUT2D eigenvalue weighted by atomic mass is 9.94. The van der Waals surface area contributed by atoms with Crippen LogP contribution in [0.3, 0.4) is 0 Å². The standard InChI is InChI=1S/C12H23NO3/c1-9-5-6-10(8-14)7-13(9)11(15)16-12(2,3)4/h9-10,14H,5-8H2,1-4H3/t9-,10?/m1/s1. The van der Waals surface area contributed by atoms with Crippen molar-refractivity contribution in [1.29, 1.82) is 0 Å². The second kappa shape index (κ2) is 5.04. The number of carbonyl (C=O) groups is 1. The predicted octanol–water partition coefficient (Wildman–Crippen LogP) is 2.01. The van der Waals surface area contributed by atoms with Gasteiger partial charge in [-0.25, -0.2) is 4.79 Å². The molecule has 0 spiro atoms. The van der Waals surface area contributed by atoms with E-state index < -0.39 is 5.60 Å². The minimum Gasteiger partial charge on any atom is -0.444 e. The average Bonchev–Trinajstić information content (AvgIpc) is 2.15. The lowest BCUT2D eigenvalue weighted by Gasteiger charge is -2.38. The van der Waals surface area contributed by atoms with Crippen LogP contribution < -0.4 is 0 Å². The number of carbonyl (C=O) groups excluding carboxylic acids is 1. The van der Waals surface area contributed by atoms with Gasteiger partial charge in [0.2, 0.25) is 0 Å². The SMILES string of the molecule is C[C@@H]1CCC(CO)CN1C(=O)OC(C)(C)C. The Kier molecular flexibility index (Phi) is 4.19. The van der Waals surface area contributed by atoms with Gasteiger partial charge in [-0.3, -0.25) is 0 Å². The van der Waals surface area contributed by atoms with Crippen molar-refractivity contribution in [1.82, 2.24) is 4.90 Å². The Morgan fingerprint density at radius 1 is 1.44 bits per heavy atom. The fraction of sp³-hybridized carbons (Fsp3) is 0.917. The summed E-state index contributed by atoms with van der Waals surface area (Å²) < 4.78 is 5.35. The van der Waals surface area contributed by atoms with Crippen LogP contribution in [0.2, 0.25) is 0 Å². The Hall–Kier alpha value is -0.770. The van der Waals surface area contributed by atoms with E-state index in [1.165, 1.54) is 0 Å². The third-order valence-corrected chi connectivity index (χ3v) is 2.87. The highest BCUT2D eigenvalue weighted by molar-refractivity contribution is 5.68. The number of hydrogen-bond acceptors (Lipinski definition) is 3. The van der Waals surface area contributed by atoms with Gasteiger partial charge in [-0.1, -0.05) is 0 Å². The summed E-state index contributed by atoms with van der Waals surface area (Å²) in [6, 6.07) is 0.206. The largest absolute Gasteiger partial charge is 0.444 e. The van der Waals surface area contributed by atoms with Crippen LogP contribution in [0.15, 0.2) is 0 Å². The highest BCUT2D eigenvalue weighted by Crippen LogP contribution is 2.23. The van der Waals surface area contributed by atoms with Crippen LogP contribution in [0.25, 0.3) is 0 Å². The third-order valence-electron chi connectivity index (χ3n) is 2.87. The van der Waals surface area contributed by atoms with E-state index in [0.717, 1.165) is 12.8 Å². The van der Waals surface area contributed by atoms with Crippen LogP contribution in [0.5, 0.6) is 0 Å². The molecule has 1 heterocycles.